The third kappa shape index (κ3) is 2.03. The molecule has 0 saturated heterocycles. The van der Waals surface area contributed by atoms with E-state index < -0.39 is 0 Å². The van der Waals surface area contributed by atoms with E-state index in [1.54, 1.807) is 11.0 Å². The Hall–Kier alpha value is -1.72. The fourth-order valence-corrected chi connectivity index (χ4v) is 1.22. The number of aryl methyl sites for hydroxylation is 2. The number of rotatable bonds is 4. The van der Waals surface area contributed by atoms with Crippen LogP contribution < -0.4 is 0 Å². The van der Waals surface area contributed by atoms with Gasteiger partial charge in [-0.15, -0.1) is 5.10 Å². The lowest BCUT2D eigenvalue weighted by molar-refractivity contribution is 0.382. The molecule has 2 heterocycles. The van der Waals surface area contributed by atoms with E-state index in [0.717, 1.165) is 19.4 Å². The van der Waals surface area contributed by atoms with Gasteiger partial charge in [0.25, 0.3) is 0 Å². The molecule has 0 aliphatic rings. The molecule has 0 fully saturated rings. The number of aromatic nitrogens is 5. The molecule has 0 aliphatic carbocycles. The van der Waals surface area contributed by atoms with Crippen LogP contribution in [0.2, 0.25) is 0 Å². The van der Waals surface area contributed by atoms with Gasteiger partial charge in [-0.25, -0.2) is 4.98 Å². The predicted molar refractivity (Wildman–Crippen MR) is 53.0 cm³/mol. The van der Waals surface area contributed by atoms with Crippen LogP contribution in [0.25, 0.3) is 11.6 Å². The van der Waals surface area contributed by atoms with E-state index >= 15 is 0 Å². The summed E-state index contributed by atoms with van der Waals surface area (Å²) in [6.45, 7) is 4.90. The molecule has 0 spiro atoms. The molecule has 0 unspecified atom stereocenters. The normalized spacial score (nSPS) is 10.8. The lowest BCUT2D eigenvalue weighted by Crippen LogP contribution is -1.97. The molecule has 0 aromatic carbocycles. The quantitative estimate of drug-likeness (QED) is 0.755. The molecule has 6 nitrogen and oxygen atoms in total. The van der Waals surface area contributed by atoms with Crippen LogP contribution in [0.3, 0.4) is 0 Å². The van der Waals surface area contributed by atoms with Crippen molar-refractivity contribution in [3.63, 3.8) is 0 Å². The van der Waals surface area contributed by atoms with Crippen LogP contribution in [0.4, 0.5) is 0 Å². The Morgan fingerprint density at radius 1 is 1.33 bits per heavy atom. The highest BCUT2D eigenvalue weighted by Gasteiger charge is 2.11. The Morgan fingerprint density at radius 2 is 2.20 bits per heavy atom. The lowest BCUT2D eigenvalue weighted by Gasteiger charge is -1.92. The van der Waals surface area contributed by atoms with Crippen LogP contribution in [0, 0.1) is 0 Å². The van der Waals surface area contributed by atoms with E-state index in [1.807, 2.05) is 6.92 Å². The smallest absolute Gasteiger partial charge is 0.242 e. The molecule has 6 heteroatoms. The Morgan fingerprint density at radius 3 is 2.87 bits per heavy atom. The van der Waals surface area contributed by atoms with Crippen LogP contribution in [0.1, 0.15) is 26.2 Å². The van der Waals surface area contributed by atoms with Gasteiger partial charge in [0.05, 0.1) is 0 Å². The SMILES string of the molecule is CCCn1cnc(-c2noc(CC)n2)n1. The minimum Gasteiger partial charge on any atom is -0.339 e. The monoisotopic (exact) mass is 207 g/mol. The Bertz CT molecular complexity index is 433. The summed E-state index contributed by atoms with van der Waals surface area (Å²) in [4.78, 5) is 8.28. The van der Waals surface area contributed by atoms with Crippen molar-refractivity contribution in [3.8, 4) is 11.6 Å². The zero-order valence-corrected chi connectivity index (χ0v) is 8.84. The van der Waals surface area contributed by atoms with Crippen molar-refractivity contribution in [2.24, 2.45) is 0 Å². The van der Waals surface area contributed by atoms with E-state index in [1.165, 1.54) is 0 Å². The van der Waals surface area contributed by atoms with Gasteiger partial charge in [0.2, 0.25) is 17.5 Å². The first-order valence-corrected chi connectivity index (χ1v) is 5.06. The molecule has 0 aliphatic heterocycles. The fourth-order valence-electron chi connectivity index (χ4n) is 1.22. The van der Waals surface area contributed by atoms with Crippen LogP contribution in [-0.4, -0.2) is 24.9 Å². The van der Waals surface area contributed by atoms with Crippen molar-refractivity contribution in [3.05, 3.63) is 12.2 Å². The molecule has 2 aromatic rings. The van der Waals surface area contributed by atoms with Crippen molar-refractivity contribution in [2.75, 3.05) is 0 Å². The van der Waals surface area contributed by atoms with Gasteiger partial charge in [-0.1, -0.05) is 19.0 Å². The van der Waals surface area contributed by atoms with Gasteiger partial charge < -0.3 is 4.52 Å². The van der Waals surface area contributed by atoms with E-state index in [-0.39, 0.29) is 0 Å². The molecule has 15 heavy (non-hydrogen) atoms. The van der Waals surface area contributed by atoms with Crippen LogP contribution in [0.15, 0.2) is 10.9 Å². The Kier molecular flexibility index (Phi) is 2.75. The summed E-state index contributed by atoms with van der Waals surface area (Å²) in [7, 11) is 0. The molecule has 0 amide bonds. The molecule has 80 valence electrons. The van der Waals surface area contributed by atoms with E-state index in [2.05, 4.69) is 27.1 Å². The maximum atomic E-state index is 4.99. The second-order valence-electron chi connectivity index (χ2n) is 3.20. The number of hydrogen-bond donors (Lipinski definition) is 0. The zero-order chi connectivity index (χ0) is 10.7. The van der Waals surface area contributed by atoms with E-state index in [9.17, 15) is 0 Å². The zero-order valence-electron chi connectivity index (χ0n) is 8.84. The third-order valence-corrected chi connectivity index (χ3v) is 1.96. The summed E-state index contributed by atoms with van der Waals surface area (Å²) in [5.74, 6) is 1.59. The highest BCUT2D eigenvalue weighted by Crippen LogP contribution is 2.09. The summed E-state index contributed by atoms with van der Waals surface area (Å²) >= 11 is 0. The molecule has 0 N–H and O–H groups in total. The Labute approximate surface area is 87.3 Å². The fraction of sp³-hybridized carbons (Fsp3) is 0.556. The Balaban J connectivity index is 2.21. The average Bonchev–Trinajstić information content (AvgIpc) is 2.85. The van der Waals surface area contributed by atoms with Crippen molar-refractivity contribution in [1.82, 2.24) is 24.9 Å². The summed E-state index contributed by atoms with van der Waals surface area (Å²) in [6.07, 6.45) is 3.43. The maximum absolute atomic E-state index is 4.99. The van der Waals surface area contributed by atoms with E-state index in [0.29, 0.717) is 17.5 Å². The summed E-state index contributed by atoms with van der Waals surface area (Å²) in [5.41, 5.74) is 0. The first-order chi connectivity index (χ1) is 7.33. The van der Waals surface area contributed by atoms with Crippen molar-refractivity contribution < 1.29 is 4.52 Å². The van der Waals surface area contributed by atoms with Crippen LogP contribution >= 0.6 is 0 Å². The highest BCUT2D eigenvalue weighted by atomic mass is 16.5. The maximum Gasteiger partial charge on any atom is 0.242 e. The molecule has 0 bridgehead atoms. The van der Waals surface area contributed by atoms with Gasteiger partial charge in [-0.05, 0) is 6.42 Å². The minimum absolute atomic E-state index is 0.460. The molecule has 2 rings (SSSR count). The number of hydrogen-bond acceptors (Lipinski definition) is 5. The summed E-state index contributed by atoms with van der Waals surface area (Å²) in [6, 6.07) is 0. The first kappa shape index (κ1) is 9.82. The molecule has 2 aromatic heterocycles. The first-order valence-electron chi connectivity index (χ1n) is 5.06. The van der Waals surface area contributed by atoms with Crippen LogP contribution in [-0.2, 0) is 13.0 Å². The standard InChI is InChI=1S/C9H13N5O/c1-3-5-14-6-10-8(12-14)9-11-7(4-2)15-13-9/h6H,3-5H2,1-2H3. The van der Waals surface area contributed by atoms with Crippen molar-refractivity contribution in [1.29, 1.82) is 0 Å². The summed E-state index contributed by atoms with van der Waals surface area (Å²) in [5, 5.41) is 8.04. The van der Waals surface area contributed by atoms with Crippen molar-refractivity contribution >= 4 is 0 Å². The van der Waals surface area contributed by atoms with Crippen LogP contribution in [0.5, 0.6) is 0 Å². The van der Waals surface area contributed by atoms with Gasteiger partial charge in [-0.2, -0.15) is 4.98 Å². The molecular formula is C9H13N5O. The predicted octanol–water partition coefficient (Wildman–Crippen LogP) is 1.30. The second-order valence-corrected chi connectivity index (χ2v) is 3.20. The van der Waals surface area contributed by atoms with Gasteiger partial charge >= 0.3 is 0 Å². The molecule has 0 atom stereocenters. The lowest BCUT2D eigenvalue weighted by atomic mass is 10.5. The van der Waals surface area contributed by atoms with Gasteiger partial charge in [-0.3, -0.25) is 4.68 Å². The highest BCUT2D eigenvalue weighted by molar-refractivity contribution is 5.39. The molecule has 0 radical (unpaired) electrons. The van der Waals surface area contributed by atoms with Gasteiger partial charge in [0, 0.05) is 13.0 Å². The molecular weight excluding hydrogens is 194 g/mol. The number of nitrogens with zero attached hydrogens (tertiary/aromatic N) is 5. The third-order valence-electron chi connectivity index (χ3n) is 1.96. The van der Waals surface area contributed by atoms with E-state index in [4.69, 9.17) is 4.52 Å². The summed E-state index contributed by atoms with van der Waals surface area (Å²) < 4.78 is 6.76. The van der Waals surface area contributed by atoms with Crippen molar-refractivity contribution in [2.45, 2.75) is 33.2 Å². The second kappa shape index (κ2) is 4.20. The molecule has 0 saturated carbocycles. The average molecular weight is 207 g/mol. The van der Waals surface area contributed by atoms with Gasteiger partial charge in [0.15, 0.2) is 0 Å². The topological polar surface area (TPSA) is 69.6 Å². The largest absolute Gasteiger partial charge is 0.339 e. The minimum atomic E-state index is 0.460. The van der Waals surface area contributed by atoms with Gasteiger partial charge in [0.1, 0.15) is 6.33 Å².